The highest BCUT2D eigenvalue weighted by molar-refractivity contribution is 9.10. The molecule has 4 heteroatoms. The summed E-state index contributed by atoms with van der Waals surface area (Å²) in [5.74, 6) is 0.746. The number of aliphatic hydroxyl groups excluding tert-OH is 1. The number of hydrogen-bond acceptors (Lipinski definition) is 3. The molecule has 1 aromatic rings. The van der Waals surface area contributed by atoms with Crippen LogP contribution in [-0.2, 0) is 4.74 Å². The van der Waals surface area contributed by atoms with Crippen LogP contribution in [0.3, 0.4) is 0 Å². The first-order valence-corrected chi connectivity index (χ1v) is 7.62. The van der Waals surface area contributed by atoms with E-state index in [1.165, 1.54) is 24.0 Å². The highest BCUT2D eigenvalue weighted by atomic mass is 79.9. The van der Waals surface area contributed by atoms with Gasteiger partial charge in [0.1, 0.15) is 0 Å². The van der Waals surface area contributed by atoms with Crippen molar-refractivity contribution in [1.82, 2.24) is 0 Å². The van der Waals surface area contributed by atoms with Gasteiger partial charge in [-0.25, -0.2) is 0 Å². The molecule has 1 unspecified atom stereocenters. The molecule has 0 bridgehead atoms. The Balaban J connectivity index is 1.77. The summed E-state index contributed by atoms with van der Waals surface area (Å²) in [6.07, 6.45) is 2.11. The Morgan fingerprint density at radius 3 is 2.58 bits per heavy atom. The van der Waals surface area contributed by atoms with Gasteiger partial charge < -0.3 is 15.2 Å². The summed E-state index contributed by atoms with van der Waals surface area (Å²) in [4.78, 5) is 0. The van der Waals surface area contributed by atoms with Gasteiger partial charge in [0, 0.05) is 23.3 Å². The van der Waals surface area contributed by atoms with E-state index >= 15 is 0 Å². The molecule has 1 aromatic carbocycles. The lowest BCUT2D eigenvalue weighted by Crippen LogP contribution is -2.25. The number of nitrogens with one attached hydrogen (secondary N) is 1. The van der Waals surface area contributed by atoms with Crippen LogP contribution in [-0.4, -0.2) is 31.0 Å². The van der Waals surface area contributed by atoms with E-state index in [0.29, 0.717) is 13.2 Å². The molecule has 1 saturated carbocycles. The Morgan fingerprint density at radius 1 is 1.37 bits per heavy atom. The number of aryl methyl sites for hydroxylation is 2. The third kappa shape index (κ3) is 4.79. The number of rotatable bonds is 7. The maximum atomic E-state index is 9.88. The molecule has 1 fully saturated rings. The first-order chi connectivity index (χ1) is 9.06. The van der Waals surface area contributed by atoms with Crippen LogP contribution in [0.4, 0.5) is 5.69 Å². The number of halogens is 1. The Kier molecular flexibility index (Phi) is 5.25. The van der Waals surface area contributed by atoms with Gasteiger partial charge in [0.2, 0.25) is 0 Å². The number of hydrogen-bond donors (Lipinski definition) is 2. The standard InChI is InChI=1S/C15H22BrNO2/c1-10-5-13(16)6-11(2)15(10)17-7-14(18)9-19-8-12-3-4-12/h5-6,12,14,17-18H,3-4,7-9H2,1-2H3. The van der Waals surface area contributed by atoms with Gasteiger partial charge in [-0.3, -0.25) is 0 Å². The predicted octanol–water partition coefficient (Wildman–Crippen LogP) is 3.27. The van der Waals surface area contributed by atoms with E-state index < -0.39 is 6.10 Å². The smallest absolute Gasteiger partial charge is 0.0945 e. The second-order valence-corrected chi connectivity index (χ2v) is 6.35. The lowest BCUT2D eigenvalue weighted by Gasteiger charge is -2.17. The zero-order chi connectivity index (χ0) is 13.8. The van der Waals surface area contributed by atoms with E-state index in [4.69, 9.17) is 4.74 Å². The normalized spacial score (nSPS) is 16.4. The molecule has 0 aromatic heterocycles. The summed E-state index contributed by atoms with van der Waals surface area (Å²) in [7, 11) is 0. The van der Waals surface area contributed by atoms with Crippen molar-refractivity contribution in [2.75, 3.05) is 25.1 Å². The van der Waals surface area contributed by atoms with Crippen molar-refractivity contribution in [1.29, 1.82) is 0 Å². The molecule has 2 N–H and O–H groups in total. The predicted molar refractivity (Wildman–Crippen MR) is 81.7 cm³/mol. The lowest BCUT2D eigenvalue weighted by atomic mass is 10.1. The number of anilines is 1. The molecule has 0 heterocycles. The van der Waals surface area contributed by atoms with Crippen LogP contribution in [0.2, 0.25) is 0 Å². The third-order valence-corrected chi connectivity index (χ3v) is 3.83. The SMILES string of the molecule is Cc1cc(Br)cc(C)c1NCC(O)COCC1CC1. The molecular formula is C15H22BrNO2. The van der Waals surface area contributed by atoms with Crippen molar-refractivity contribution in [3.63, 3.8) is 0 Å². The van der Waals surface area contributed by atoms with Gasteiger partial charge in [0.25, 0.3) is 0 Å². The molecule has 1 aliphatic rings. The maximum absolute atomic E-state index is 9.88. The fourth-order valence-corrected chi connectivity index (χ4v) is 2.81. The highest BCUT2D eigenvalue weighted by Crippen LogP contribution is 2.28. The second-order valence-electron chi connectivity index (χ2n) is 5.43. The molecule has 3 nitrogen and oxygen atoms in total. The van der Waals surface area contributed by atoms with E-state index in [2.05, 4.69) is 47.2 Å². The minimum Gasteiger partial charge on any atom is -0.389 e. The summed E-state index contributed by atoms with van der Waals surface area (Å²) in [6.45, 7) is 5.87. The summed E-state index contributed by atoms with van der Waals surface area (Å²) < 4.78 is 6.57. The zero-order valence-electron chi connectivity index (χ0n) is 11.6. The van der Waals surface area contributed by atoms with Gasteiger partial charge in [-0.1, -0.05) is 15.9 Å². The van der Waals surface area contributed by atoms with Crippen LogP contribution in [0, 0.1) is 19.8 Å². The molecule has 0 spiro atoms. The Morgan fingerprint density at radius 2 is 2.00 bits per heavy atom. The Labute approximate surface area is 123 Å². The molecule has 1 atom stereocenters. The molecule has 0 aliphatic heterocycles. The fourth-order valence-electron chi connectivity index (χ4n) is 2.12. The first kappa shape index (κ1) is 14.8. The van der Waals surface area contributed by atoms with Gasteiger partial charge in [-0.15, -0.1) is 0 Å². The quantitative estimate of drug-likeness (QED) is 0.807. The van der Waals surface area contributed by atoms with Gasteiger partial charge in [0.05, 0.1) is 12.7 Å². The fraction of sp³-hybridized carbons (Fsp3) is 0.600. The van der Waals surface area contributed by atoms with Crippen molar-refractivity contribution in [3.8, 4) is 0 Å². The van der Waals surface area contributed by atoms with Crippen molar-refractivity contribution < 1.29 is 9.84 Å². The van der Waals surface area contributed by atoms with Gasteiger partial charge >= 0.3 is 0 Å². The third-order valence-electron chi connectivity index (χ3n) is 3.37. The van der Waals surface area contributed by atoms with Gasteiger partial charge in [0.15, 0.2) is 0 Å². The minimum absolute atomic E-state index is 0.415. The molecule has 19 heavy (non-hydrogen) atoms. The van der Waals surface area contributed by atoms with Crippen molar-refractivity contribution in [3.05, 3.63) is 27.7 Å². The molecular weight excluding hydrogens is 306 g/mol. The average Bonchev–Trinajstić information content (AvgIpc) is 3.11. The molecule has 2 rings (SSSR count). The van der Waals surface area contributed by atoms with Gasteiger partial charge in [-0.2, -0.15) is 0 Å². The average molecular weight is 328 g/mol. The van der Waals surface area contributed by atoms with E-state index in [-0.39, 0.29) is 0 Å². The molecule has 0 amide bonds. The second kappa shape index (κ2) is 6.73. The van der Waals surface area contributed by atoms with E-state index in [9.17, 15) is 5.11 Å². The van der Waals surface area contributed by atoms with Crippen LogP contribution in [0.15, 0.2) is 16.6 Å². The Bertz CT molecular complexity index is 409. The van der Waals surface area contributed by atoms with E-state index in [0.717, 1.165) is 22.7 Å². The van der Waals surface area contributed by atoms with E-state index in [1.807, 2.05) is 0 Å². The highest BCUT2D eigenvalue weighted by Gasteiger charge is 2.21. The Hall–Kier alpha value is -0.580. The summed E-state index contributed by atoms with van der Waals surface area (Å²) in [5, 5.41) is 13.2. The summed E-state index contributed by atoms with van der Waals surface area (Å²) in [6, 6.07) is 4.15. The summed E-state index contributed by atoms with van der Waals surface area (Å²) >= 11 is 3.48. The summed E-state index contributed by atoms with van der Waals surface area (Å²) in [5.41, 5.74) is 3.46. The van der Waals surface area contributed by atoms with Gasteiger partial charge in [-0.05, 0) is 55.9 Å². The zero-order valence-corrected chi connectivity index (χ0v) is 13.2. The molecule has 0 saturated heterocycles. The lowest BCUT2D eigenvalue weighted by molar-refractivity contribution is 0.0386. The van der Waals surface area contributed by atoms with E-state index in [1.54, 1.807) is 0 Å². The maximum Gasteiger partial charge on any atom is 0.0945 e. The first-order valence-electron chi connectivity index (χ1n) is 6.82. The number of aliphatic hydroxyl groups is 1. The largest absolute Gasteiger partial charge is 0.389 e. The van der Waals surface area contributed by atoms with Crippen molar-refractivity contribution in [2.24, 2.45) is 5.92 Å². The number of benzene rings is 1. The van der Waals surface area contributed by atoms with Crippen LogP contribution < -0.4 is 5.32 Å². The van der Waals surface area contributed by atoms with Crippen LogP contribution in [0.1, 0.15) is 24.0 Å². The molecule has 0 radical (unpaired) electrons. The monoisotopic (exact) mass is 327 g/mol. The molecule has 1 aliphatic carbocycles. The van der Waals surface area contributed by atoms with Crippen molar-refractivity contribution in [2.45, 2.75) is 32.8 Å². The van der Waals surface area contributed by atoms with Crippen LogP contribution >= 0.6 is 15.9 Å². The van der Waals surface area contributed by atoms with Crippen LogP contribution in [0.25, 0.3) is 0 Å². The van der Waals surface area contributed by atoms with Crippen LogP contribution in [0.5, 0.6) is 0 Å². The minimum atomic E-state index is -0.457. The topological polar surface area (TPSA) is 41.5 Å². The number of ether oxygens (including phenoxy) is 1. The van der Waals surface area contributed by atoms with Crippen molar-refractivity contribution >= 4 is 21.6 Å². The molecule has 106 valence electrons.